The van der Waals surface area contributed by atoms with Gasteiger partial charge in [0.2, 0.25) is 0 Å². The van der Waals surface area contributed by atoms with Crippen molar-refractivity contribution in [1.29, 1.82) is 0 Å². The first-order valence-corrected chi connectivity index (χ1v) is 6.16. The zero-order valence-corrected chi connectivity index (χ0v) is 11.2. The van der Waals surface area contributed by atoms with Crippen LogP contribution < -0.4 is 5.32 Å². The largest absolute Gasteiger partial charge is 0.460 e. The molecule has 0 spiro atoms. The van der Waals surface area contributed by atoms with E-state index in [4.69, 9.17) is 9.47 Å². The summed E-state index contributed by atoms with van der Waals surface area (Å²) in [4.78, 5) is 22.5. The minimum absolute atomic E-state index is 0.174. The highest BCUT2D eigenvalue weighted by Crippen LogP contribution is 2.29. The summed E-state index contributed by atoms with van der Waals surface area (Å²) in [6, 6.07) is 0. The molecular weight excluding hydrogens is 234 g/mol. The molecule has 1 aliphatic rings. The number of nitrogens with one attached hydrogen (secondary N) is 1. The highest BCUT2D eigenvalue weighted by Gasteiger charge is 2.17. The summed E-state index contributed by atoms with van der Waals surface area (Å²) in [5.41, 5.74) is -0.568. The first-order valence-electron chi connectivity index (χ1n) is 6.16. The predicted molar refractivity (Wildman–Crippen MR) is 67.1 cm³/mol. The Balaban J connectivity index is 2.06. The van der Waals surface area contributed by atoms with Crippen molar-refractivity contribution in [3.05, 3.63) is 12.2 Å². The van der Waals surface area contributed by atoms with Crippen molar-refractivity contribution in [3.63, 3.8) is 0 Å². The monoisotopic (exact) mass is 255 g/mol. The van der Waals surface area contributed by atoms with Gasteiger partial charge in [-0.3, -0.25) is 4.79 Å². The van der Waals surface area contributed by atoms with Gasteiger partial charge in [0.05, 0.1) is 0 Å². The van der Waals surface area contributed by atoms with E-state index in [1.54, 1.807) is 20.8 Å². The molecule has 0 unspecified atom stereocenters. The van der Waals surface area contributed by atoms with E-state index in [-0.39, 0.29) is 13.2 Å². The third kappa shape index (κ3) is 7.70. The van der Waals surface area contributed by atoms with Crippen molar-refractivity contribution in [1.82, 2.24) is 5.32 Å². The lowest BCUT2D eigenvalue weighted by molar-refractivity contribution is -0.141. The maximum atomic E-state index is 11.2. The Hall–Kier alpha value is -1.52. The lowest BCUT2D eigenvalue weighted by Gasteiger charge is -2.19. The standard InChI is InChI=1S/C13H21NO4/c1-13(2,3)18-12(16)14-9-11(15)17-8-4-5-10-6-7-10/h4-5,10H,6-9H2,1-3H3,(H,14,16)/b5-4+. The number of esters is 1. The van der Waals surface area contributed by atoms with Crippen LogP contribution in [0.3, 0.4) is 0 Å². The molecule has 1 amide bonds. The molecule has 1 rings (SSSR count). The minimum atomic E-state index is -0.618. The van der Waals surface area contributed by atoms with Crippen molar-refractivity contribution in [2.45, 2.75) is 39.2 Å². The quantitative estimate of drug-likeness (QED) is 0.603. The summed E-state index contributed by atoms with van der Waals surface area (Å²) in [5.74, 6) is 0.199. The molecule has 1 aliphatic carbocycles. The molecule has 102 valence electrons. The van der Waals surface area contributed by atoms with Gasteiger partial charge in [-0.15, -0.1) is 0 Å². The first kappa shape index (κ1) is 14.5. The third-order valence-electron chi connectivity index (χ3n) is 2.15. The van der Waals surface area contributed by atoms with E-state index in [0.29, 0.717) is 5.92 Å². The summed E-state index contributed by atoms with van der Waals surface area (Å²) < 4.78 is 9.89. The minimum Gasteiger partial charge on any atom is -0.460 e. The molecule has 5 heteroatoms. The molecule has 0 aliphatic heterocycles. The summed E-state index contributed by atoms with van der Waals surface area (Å²) in [7, 11) is 0. The fraction of sp³-hybridized carbons (Fsp3) is 0.692. The van der Waals surface area contributed by atoms with Crippen molar-refractivity contribution in [3.8, 4) is 0 Å². The molecule has 18 heavy (non-hydrogen) atoms. The topological polar surface area (TPSA) is 64.6 Å². The van der Waals surface area contributed by atoms with Crippen LogP contribution >= 0.6 is 0 Å². The summed E-state index contributed by atoms with van der Waals surface area (Å²) in [6.45, 7) is 5.35. The number of amides is 1. The normalized spacial score (nSPS) is 15.5. The van der Waals surface area contributed by atoms with Gasteiger partial charge in [0, 0.05) is 0 Å². The smallest absolute Gasteiger partial charge is 0.408 e. The van der Waals surface area contributed by atoms with Crippen LogP contribution in [-0.4, -0.2) is 30.8 Å². The fourth-order valence-corrected chi connectivity index (χ4v) is 1.19. The first-order chi connectivity index (χ1) is 8.37. The Kier molecular flexibility index (Phi) is 5.19. The van der Waals surface area contributed by atoms with E-state index in [0.717, 1.165) is 0 Å². The second-order valence-corrected chi connectivity index (χ2v) is 5.30. The molecule has 0 saturated heterocycles. The van der Waals surface area contributed by atoms with Gasteiger partial charge in [-0.1, -0.05) is 12.2 Å². The molecular formula is C13H21NO4. The van der Waals surface area contributed by atoms with Crippen molar-refractivity contribution >= 4 is 12.1 Å². The Bertz CT molecular complexity index is 326. The molecule has 0 heterocycles. The Morgan fingerprint density at radius 3 is 2.56 bits per heavy atom. The number of carbonyl (C=O) groups excluding carboxylic acids is 2. The number of rotatable bonds is 5. The highest BCUT2D eigenvalue weighted by molar-refractivity contribution is 5.78. The summed E-state index contributed by atoms with van der Waals surface area (Å²) in [5, 5.41) is 2.34. The average molecular weight is 255 g/mol. The van der Waals surface area contributed by atoms with Gasteiger partial charge in [0.1, 0.15) is 18.8 Å². The lowest BCUT2D eigenvalue weighted by atomic mass is 10.2. The third-order valence-corrected chi connectivity index (χ3v) is 2.15. The van der Waals surface area contributed by atoms with E-state index in [1.165, 1.54) is 12.8 Å². The van der Waals surface area contributed by atoms with Crippen LogP contribution in [0.5, 0.6) is 0 Å². The van der Waals surface area contributed by atoms with Gasteiger partial charge in [-0.05, 0) is 39.5 Å². The van der Waals surface area contributed by atoms with E-state index >= 15 is 0 Å². The number of alkyl carbamates (subject to hydrolysis) is 1. The van der Waals surface area contributed by atoms with Gasteiger partial charge in [0.15, 0.2) is 0 Å². The number of ether oxygens (including phenoxy) is 2. The molecule has 1 saturated carbocycles. The Morgan fingerprint density at radius 2 is 2.00 bits per heavy atom. The van der Waals surface area contributed by atoms with Crippen LogP contribution in [0.4, 0.5) is 4.79 Å². The molecule has 0 radical (unpaired) electrons. The van der Waals surface area contributed by atoms with Crippen molar-refractivity contribution < 1.29 is 19.1 Å². The number of allylic oxidation sites excluding steroid dienone is 1. The number of carbonyl (C=O) groups is 2. The molecule has 5 nitrogen and oxygen atoms in total. The van der Waals surface area contributed by atoms with Crippen LogP contribution in [0.15, 0.2) is 12.2 Å². The summed E-state index contributed by atoms with van der Waals surface area (Å²) >= 11 is 0. The van der Waals surface area contributed by atoms with Crippen LogP contribution in [0.1, 0.15) is 33.6 Å². The Labute approximate surface area is 108 Å². The molecule has 1 N–H and O–H groups in total. The van der Waals surface area contributed by atoms with Gasteiger partial charge in [0.25, 0.3) is 0 Å². The zero-order valence-electron chi connectivity index (χ0n) is 11.2. The molecule has 1 fully saturated rings. The summed E-state index contributed by atoms with van der Waals surface area (Å²) in [6.07, 6.45) is 5.72. The number of hydrogen-bond donors (Lipinski definition) is 1. The van der Waals surface area contributed by atoms with Crippen molar-refractivity contribution in [2.75, 3.05) is 13.2 Å². The SMILES string of the molecule is CC(C)(C)OC(=O)NCC(=O)OC/C=C/C1CC1. The van der Waals surface area contributed by atoms with Gasteiger partial charge in [-0.25, -0.2) is 4.79 Å². The molecule has 0 aromatic heterocycles. The molecule has 0 atom stereocenters. The molecule has 0 aromatic rings. The van der Waals surface area contributed by atoms with Gasteiger partial charge >= 0.3 is 12.1 Å². The average Bonchev–Trinajstić information content (AvgIpc) is 3.03. The second-order valence-electron chi connectivity index (χ2n) is 5.30. The van der Waals surface area contributed by atoms with Crippen LogP contribution in [0, 0.1) is 5.92 Å². The van der Waals surface area contributed by atoms with E-state index in [1.807, 2.05) is 6.08 Å². The van der Waals surface area contributed by atoms with Crippen LogP contribution in [0.25, 0.3) is 0 Å². The van der Waals surface area contributed by atoms with Crippen molar-refractivity contribution in [2.24, 2.45) is 5.92 Å². The predicted octanol–water partition coefficient (Wildman–Crippen LogP) is 2.02. The fourth-order valence-electron chi connectivity index (χ4n) is 1.19. The van der Waals surface area contributed by atoms with Crippen LogP contribution in [-0.2, 0) is 14.3 Å². The molecule has 0 bridgehead atoms. The van der Waals surface area contributed by atoms with Crippen LogP contribution in [0.2, 0.25) is 0 Å². The van der Waals surface area contributed by atoms with Gasteiger partial charge < -0.3 is 14.8 Å². The maximum absolute atomic E-state index is 11.2. The lowest BCUT2D eigenvalue weighted by Crippen LogP contribution is -2.36. The maximum Gasteiger partial charge on any atom is 0.408 e. The second kappa shape index (κ2) is 6.42. The van der Waals surface area contributed by atoms with E-state index in [9.17, 15) is 9.59 Å². The number of hydrogen-bond acceptors (Lipinski definition) is 4. The molecule has 0 aromatic carbocycles. The Morgan fingerprint density at radius 1 is 1.33 bits per heavy atom. The van der Waals surface area contributed by atoms with Gasteiger partial charge in [-0.2, -0.15) is 0 Å². The zero-order chi connectivity index (χ0) is 13.6. The van der Waals surface area contributed by atoms with E-state index in [2.05, 4.69) is 11.4 Å². The van der Waals surface area contributed by atoms with E-state index < -0.39 is 17.7 Å². The highest BCUT2D eigenvalue weighted by atomic mass is 16.6.